The van der Waals surface area contributed by atoms with Crippen LogP contribution in [0.5, 0.6) is 0 Å². The monoisotopic (exact) mass is 424 g/mol. The third-order valence-corrected chi connectivity index (χ3v) is 5.67. The second-order valence-electron chi connectivity index (χ2n) is 6.92. The van der Waals surface area contributed by atoms with E-state index in [1.807, 2.05) is 36.1 Å². The van der Waals surface area contributed by atoms with Gasteiger partial charge < -0.3 is 15.0 Å². The summed E-state index contributed by atoms with van der Waals surface area (Å²) in [6, 6.07) is 12.7. The first-order valence-electron chi connectivity index (χ1n) is 9.47. The van der Waals surface area contributed by atoms with Gasteiger partial charge in [0.1, 0.15) is 5.69 Å². The molecule has 0 radical (unpaired) electrons. The minimum absolute atomic E-state index is 0.0169. The van der Waals surface area contributed by atoms with E-state index in [9.17, 15) is 14.9 Å². The lowest BCUT2D eigenvalue weighted by atomic mass is 10.1. The van der Waals surface area contributed by atoms with Crippen LogP contribution < -0.4 is 10.2 Å². The van der Waals surface area contributed by atoms with Gasteiger partial charge in [-0.2, -0.15) is 0 Å². The highest BCUT2D eigenvalue weighted by Crippen LogP contribution is 2.33. The first-order valence-corrected chi connectivity index (χ1v) is 10.3. The Morgan fingerprint density at radius 1 is 1.20 bits per heavy atom. The second kappa shape index (κ2) is 8.68. The minimum Gasteiger partial charge on any atom is -0.378 e. The van der Waals surface area contributed by atoms with E-state index in [1.54, 1.807) is 18.2 Å². The van der Waals surface area contributed by atoms with Crippen molar-refractivity contribution in [3.63, 3.8) is 0 Å². The summed E-state index contributed by atoms with van der Waals surface area (Å²) < 4.78 is 5.32. The first-order chi connectivity index (χ1) is 14.5. The summed E-state index contributed by atoms with van der Waals surface area (Å²) >= 11 is 1.21. The molecular formula is C21H20N4O4S. The van der Waals surface area contributed by atoms with E-state index in [1.165, 1.54) is 17.8 Å². The lowest BCUT2D eigenvalue weighted by Gasteiger charge is -2.28. The summed E-state index contributed by atoms with van der Waals surface area (Å²) in [5, 5.41) is 14.8. The minimum atomic E-state index is -0.390. The van der Waals surface area contributed by atoms with Gasteiger partial charge in [0.15, 0.2) is 5.17 Å². The molecule has 0 bridgehead atoms. The Bertz CT molecular complexity index is 1040. The Kier molecular flexibility index (Phi) is 5.82. The van der Waals surface area contributed by atoms with Gasteiger partial charge in [0.05, 0.1) is 28.7 Å². The van der Waals surface area contributed by atoms with Crippen LogP contribution in [0.2, 0.25) is 0 Å². The highest BCUT2D eigenvalue weighted by Gasteiger charge is 2.25. The van der Waals surface area contributed by atoms with Gasteiger partial charge >= 0.3 is 0 Å². The fraction of sp³-hybridized carbons (Fsp3) is 0.238. The van der Waals surface area contributed by atoms with Gasteiger partial charge in [-0.3, -0.25) is 14.9 Å². The van der Waals surface area contributed by atoms with E-state index >= 15 is 0 Å². The average Bonchev–Trinajstić information content (AvgIpc) is 3.09. The number of nitrogens with zero attached hydrogens (tertiary/aromatic N) is 3. The van der Waals surface area contributed by atoms with Crippen molar-refractivity contribution in [2.75, 3.05) is 31.2 Å². The molecule has 2 fully saturated rings. The third kappa shape index (κ3) is 4.52. The van der Waals surface area contributed by atoms with Crippen LogP contribution in [-0.4, -0.2) is 42.3 Å². The zero-order chi connectivity index (χ0) is 21.1. The number of anilines is 1. The molecule has 2 saturated heterocycles. The van der Waals surface area contributed by atoms with Crippen LogP contribution in [0.25, 0.3) is 6.08 Å². The number of hydrogen-bond acceptors (Lipinski definition) is 7. The zero-order valence-corrected chi connectivity index (χ0v) is 17.1. The van der Waals surface area contributed by atoms with Gasteiger partial charge in [-0.05, 0) is 48.5 Å². The Balaban J connectivity index is 1.58. The molecule has 1 amide bonds. The van der Waals surface area contributed by atoms with Crippen molar-refractivity contribution in [3.05, 3.63) is 68.6 Å². The molecular weight excluding hydrogens is 404 g/mol. The maximum absolute atomic E-state index is 12.3. The Morgan fingerprint density at radius 3 is 2.63 bits per heavy atom. The van der Waals surface area contributed by atoms with Crippen LogP contribution in [0.4, 0.5) is 17.1 Å². The van der Waals surface area contributed by atoms with Gasteiger partial charge in [0.25, 0.3) is 11.6 Å². The number of thioether (sulfide) groups is 1. The van der Waals surface area contributed by atoms with Gasteiger partial charge in [-0.15, -0.1) is 0 Å². The molecule has 0 aromatic heterocycles. The molecule has 2 aliphatic rings. The number of benzene rings is 2. The van der Waals surface area contributed by atoms with Crippen molar-refractivity contribution < 1.29 is 14.5 Å². The summed E-state index contributed by atoms with van der Waals surface area (Å²) in [5.41, 5.74) is 3.05. The molecule has 154 valence electrons. The molecule has 2 heterocycles. The number of hydrogen-bond donors (Lipinski definition) is 1. The fourth-order valence-corrected chi connectivity index (χ4v) is 4.06. The summed E-state index contributed by atoms with van der Waals surface area (Å²) in [5.74, 6) is -0.272. The molecule has 9 heteroatoms. The average molecular weight is 424 g/mol. The largest absolute Gasteiger partial charge is 0.378 e. The number of rotatable bonds is 4. The number of amidine groups is 1. The van der Waals surface area contributed by atoms with Crippen LogP contribution in [0, 0.1) is 17.0 Å². The van der Waals surface area contributed by atoms with Crippen molar-refractivity contribution >= 4 is 46.0 Å². The molecule has 2 aliphatic heterocycles. The number of amides is 1. The molecule has 1 N–H and O–H groups in total. The molecule has 4 rings (SSSR count). The van der Waals surface area contributed by atoms with Gasteiger partial charge in [0.2, 0.25) is 0 Å². The molecule has 0 unspecified atom stereocenters. The van der Waals surface area contributed by atoms with Crippen LogP contribution in [-0.2, 0) is 9.53 Å². The summed E-state index contributed by atoms with van der Waals surface area (Å²) in [4.78, 5) is 30.4. The van der Waals surface area contributed by atoms with E-state index in [0.717, 1.165) is 11.3 Å². The number of carbonyl (C=O) groups is 1. The van der Waals surface area contributed by atoms with Crippen molar-refractivity contribution in [3.8, 4) is 0 Å². The quantitative estimate of drug-likeness (QED) is 0.457. The molecule has 0 aliphatic carbocycles. The predicted molar refractivity (Wildman–Crippen MR) is 118 cm³/mol. The lowest BCUT2D eigenvalue weighted by molar-refractivity contribution is -0.384. The van der Waals surface area contributed by atoms with Crippen molar-refractivity contribution in [2.45, 2.75) is 6.92 Å². The standard InChI is InChI=1S/C21H20N4O4S/c1-14-2-5-16(6-3-14)22-21-23-20(26)19(30-21)13-15-4-7-17(18(12-15)25(27)28)24-8-10-29-11-9-24/h2-7,12-13H,8-11H2,1H3,(H,22,23,26)/b19-13+. The molecule has 0 spiro atoms. The normalized spacial score (nSPS) is 19.4. The van der Waals surface area contributed by atoms with Gasteiger partial charge in [-0.25, -0.2) is 4.99 Å². The van der Waals surface area contributed by atoms with Crippen molar-refractivity contribution in [1.82, 2.24) is 5.32 Å². The maximum Gasteiger partial charge on any atom is 0.293 e. The highest BCUT2D eigenvalue weighted by molar-refractivity contribution is 8.18. The number of morpholine rings is 1. The fourth-order valence-electron chi connectivity index (χ4n) is 3.22. The van der Waals surface area contributed by atoms with E-state index < -0.39 is 0 Å². The van der Waals surface area contributed by atoms with Crippen molar-refractivity contribution in [2.24, 2.45) is 4.99 Å². The second-order valence-corrected chi connectivity index (χ2v) is 7.95. The van der Waals surface area contributed by atoms with Crippen molar-refractivity contribution in [1.29, 1.82) is 0 Å². The molecule has 0 saturated carbocycles. The summed E-state index contributed by atoms with van der Waals surface area (Å²) in [7, 11) is 0. The smallest absolute Gasteiger partial charge is 0.293 e. The Labute approximate surface area is 177 Å². The van der Waals surface area contributed by atoms with E-state index in [-0.39, 0.29) is 16.5 Å². The number of nitrogens with one attached hydrogen (secondary N) is 1. The number of ether oxygens (including phenoxy) is 1. The maximum atomic E-state index is 12.3. The number of carbonyl (C=O) groups excluding carboxylic acids is 1. The SMILES string of the molecule is Cc1ccc(N=C2NC(=O)/C(=C\c3ccc(N4CCOCC4)c([N+](=O)[O-])c3)S2)cc1. The van der Waals surface area contributed by atoms with E-state index in [2.05, 4.69) is 10.3 Å². The van der Waals surface area contributed by atoms with Gasteiger partial charge in [0, 0.05) is 19.2 Å². The molecule has 2 aromatic carbocycles. The Morgan fingerprint density at radius 2 is 1.93 bits per heavy atom. The number of nitro benzene ring substituents is 1. The highest BCUT2D eigenvalue weighted by atomic mass is 32.2. The van der Waals surface area contributed by atoms with Gasteiger partial charge in [-0.1, -0.05) is 23.8 Å². The first kappa shape index (κ1) is 20.1. The zero-order valence-electron chi connectivity index (χ0n) is 16.3. The number of aliphatic imine (C=N–C) groups is 1. The predicted octanol–water partition coefficient (Wildman–Crippen LogP) is 3.63. The lowest BCUT2D eigenvalue weighted by Crippen LogP contribution is -2.36. The summed E-state index contributed by atoms with van der Waals surface area (Å²) in [6.07, 6.45) is 1.65. The number of nitro groups is 1. The molecule has 30 heavy (non-hydrogen) atoms. The molecule has 8 nitrogen and oxygen atoms in total. The Hall–Kier alpha value is -3.17. The topological polar surface area (TPSA) is 97.1 Å². The number of aryl methyl sites for hydroxylation is 1. The van der Waals surface area contributed by atoms with Crippen LogP contribution in [0.1, 0.15) is 11.1 Å². The summed E-state index contributed by atoms with van der Waals surface area (Å²) in [6.45, 7) is 4.30. The molecule has 0 atom stereocenters. The van der Waals surface area contributed by atoms with Crippen LogP contribution >= 0.6 is 11.8 Å². The third-order valence-electron chi connectivity index (χ3n) is 4.76. The van der Waals surface area contributed by atoms with Crippen LogP contribution in [0.15, 0.2) is 52.4 Å². The molecule has 2 aromatic rings. The van der Waals surface area contributed by atoms with E-state index in [4.69, 9.17) is 4.74 Å². The van der Waals surface area contributed by atoms with E-state index in [0.29, 0.717) is 47.6 Å². The van der Waals surface area contributed by atoms with Crippen LogP contribution in [0.3, 0.4) is 0 Å².